The molecular weight excluding hydrogens is 511 g/mol. The molecule has 5 nitrogen and oxygen atoms in total. The third-order valence-corrected chi connectivity index (χ3v) is 7.92. The predicted molar refractivity (Wildman–Crippen MR) is 116 cm³/mol. The molecule has 0 saturated carbocycles. The molecule has 0 aromatic heterocycles. The molecular formula is C18H16BrCl3N2O3S. The van der Waals surface area contributed by atoms with Gasteiger partial charge in [-0.1, -0.05) is 50.7 Å². The number of anilines is 1. The van der Waals surface area contributed by atoms with Gasteiger partial charge >= 0.3 is 0 Å². The molecule has 1 heterocycles. The van der Waals surface area contributed by atoms with Crippen LogP contribution in [0.4, 0.5) is 5.69 Å². The Labute approximate surface area is 187 Å². The van der Waals surface area contributed by atoms with Crippen molar-refractivity contribution in [1.82, 2.24) is 4.31 Å². The van der Waals surface area contributed by atoms with Crippen molar-refractivity contribution in [2.45, 2.75) is 17.7 Å². The lowest BCUT2D eigenvalue weighted by Crippen LogP contribution is -2.43. The summed E-state index contributed by atoms with van der Waals surface area (Å²) in [7, 11) is -3.67. The number of amides is 1. The van der Waals surface area contributed by atoms with Gasteiger partial charge in [0, 0.05) is 17.6 Å². The molecule has 2 aromatic carbocycles. The van der Waals surface area contributed by atoms with E-state index in [1.165, 1.54) is 16.4 Å². The summed E-state index contributed by atoms with van der Waals surface area (Å²) in [5, 5.41) is 3.54. The quantitative estimate of drug-likeness (QED) is 0.539. The van der Waals surface area contributed by atoms with Gasteiger partial charge in [-0.25, -0.2) is 8.42 Å². The molecule has 0 aliphatic carbocycles. The van der Waals surface area contributed by atoms with Crippen LogP contribution in [0.25, 0.3) is 0 Å². The highest BCUT2D eigenvalue weighted by molar-refractivity contribution is 9.10. The fraction of sp³-hybridized carbons (Fsp3) is 0.278. The maximum Gasteiger partial charge on any atom is 0.243 e. The van der Waals surface area contributed by atoms with Gasteiger partial charge in [0.2, 0.25) is 15.9 Å². The highest BCUT2D eigenvalue weighted by Crippen LogP contribution is 2.33. The van der Waals surface area contributed by atoms with Gasteiger partial charge in [0.25, 0.3) is 0 Å². The van der Waals surface area contributed by atoms with Crippen LogP contribution in [0.5, 0.6) is 0 Å². The summed E-state index contributed by atoms with van der Waals surface area (Å²) < 4.78 is 27.9. The molecule has 2 aromatic rings. The Hall–Kier alpha value is -0.830. The molecule has 28 heavy (non-hydrogen) atoms. The minimum atomic E-state index is -3.67. The van der Waals surface area contributed by atoms with Crippen molar-refractivity contribution in [2.24, 2.45) is 5.92 Å². The molecule has 1 amide bonds. The summed E-state index contributed by atoms with van der Waals surface area (Å²) >= 11 is 21.3. The fourth-order valence-electron chi connectivity index (χ4n) is 2.98. The summed E-state index contributed by atoms with van der Waals surface area (Å²) in [5.41, 5.74) is 0.342. The van der Waals surface area contributed by atoms with Crippen LogP contribution in [0.1, 0.15) is 12.8 Å². The van der Waals surface area contributed by atoms with Crippen LogP contribution in [-0.2, 0) is 14.8 Å². The maximum absolute atomic E-state index is 12.9. The molecule has 0 radical (unpaired) electrons. The fourth-order valence-corrected chi connectivity index (χ4v) is 5.37. The van der Waals surface area contributed by atoms with Gasteiger partial charge in [0.15, 0.2) is 0 Å². The minimum Gasteiger partial charge on any atom is -0.324 e. The average molecular weight is 527 g/mol. The zero-order valence-electron chi connectivity index (χ0n) is 14.5. The van der Waals surface area contributed by atoms with Crippen molar-refractivity contribution in [3.8, 4) is 0 Å². The SMILES string of the molecule is O=C(Nc1cc(Cl)c(Cl)cc1Cl)[C@@H]1CCCN(S(=O)(=O)c2ccc(Br)cc2)C1. The van der Waals surface area contributed by atoms with Gasteiger partial charge in [-0.15, -0.1) is 0 Å². The number of nitrogens with one attached hydrogen (secondary N) is 1. The first kappa shape index (κ1) is 21.9. The maximum atomic E-state index is 12.9. The molecule has 1 fully saturated rings. The zero-order chi connectivity index (χ0) is 20.5. The Kier molecular flexibility index (Phi) is 6.95. The number of benzene rings is 2. The minimum absolute atomic E-state index is 0.100. The van der Waals surface area contributed by atoms with Crippen LogP contribution in [0.3, 0.4) is 0 Å². The Morgan fingerprint density at radius 1 is 1.07 bits per heavy atom. The van der Waals surface area contributed by atoms with E-state index in [0.717, 1.165) is 4.47 Å². The summed E-state index contributed by atoms with van der Waals surface area (Å²) in [4.78, 5) is 12.9. The van der Waals surface area contributed by atoms with Crippen molar-refractivity contribution < 1.29 is 13.2 Å². The second kappa shape index (κ2) is 8.90. The lowest BCUT2D eigenvalue weighted by molar-refractivity contribution is -0.120. The first-order chi connectivity index (χ1) is 13.2. The van der Waals surface area contributed by atoms with Gasteiger partial charge in [-0.3, -0.25) is 4.79 Å². The second-order valence-electron chi connectivity index (χ2n) is 6.39. The number of carbonyl (C=O) groups excluding carboxylic acids is 1. The molecule has 1 aliphatic rings. The van der Waals surface area contributed by atoms with Crippen LogP contribution in [-0.4, -0.2) is 31.7 Å². The number of piperidine rings is 1. The molecule has 1 N–H and O–H groups in total. The number of nitrogens with zero attached hydrogens (tertiary/aromatic N) is 1. The van der Waals surface area contributed by atoms with E-state index in [2.05, 4.69) is 21.2 Å². The Balaban J connectivity index is 1.75. The largest absolute Gasteiger partial charge is 0.324 e. The first-order valence-electron chi connectivity index (χ1n) is 8.39. The van der Waals surface area contributed by atoms with E-state index >= 15 is 0 Å². The molecule has 3 rings (SSSR count). The molecule has 1 saturated heterocycles. The second-order valence-corrected chi connectivity index (χ2v) is 10.5. The highest BCUT2D eigenvalue weighted by atomic mass is 79.9. The van der Waals surface area contributed by atoms with Crippen molar-refractivity contribution in [2.75, 3.05) is 18.4 Å². The Bertz CT molecular complexity index is 1000. The summed E-state index contributed by atoms with van der Waals surface area (Å²) in [6.07, 6.45) is 1.17. The van der Waals surface area contributed by atoms with Gasteiger partial charge in [-0.2, -0.15) is 4.31 Å². The van der Waals surface area contributed by atoms with Crippen LogP contribution in [0.2, 0.25) is 15.1 Å². The van der Waals surface area contributed by atoms with Crippen molar-refractivity contribution in [3.05, 3.63) is 55.9 Å². The van der Waals surface area contributed by atoms with Crippen LogP contribution in [0.15, 0.2) is 45.8 Å². The number of hydrogen-bond acceptors (Lipinski definition) is 3. The number of sulfonamides is 1. The highest BCUT2D eigenvalue weighted by Gasteiger charge is 2.33. The monoisotopic (exact) mass is 524 g/mol. The average Bonchev–Trinajstić information content (AvgIpc) is 2.66. The van der Waals surface area contributed by atoms with E-state index in [4.69, 9.17) is 34.8 Å². The number of carbonyl (C=O) groups is 1. The molecule has 0 unspecified atom stereocenters. The lowest BCUT2D eigenvalue weighted by Gasteiger charge is -2.31. The van der Waals surface area contributed by atoms with Crippen LogP contribution >= 0.6 is 50.7 Å². The number of halogens is 4. The van der Waals surface area contributed by atoms with Gasteiger partial charge in [-0.05, 0) is 49.2 Å². The zero-order valence-corrected chi connectivity index (χ0v) is 19.1. The molecule has 1 aliphatic heterocycles. The van der Waals surface area contributed by atoms with E-state index in [0.29, 0.717) is 25.1 Å². The lowest BCUT2D eigenvalue weighted by atomic mass is 9.98. The molecule has 0 bridgehead atoms. The molecule has 1 atom stereocenters. The van der Waals surface area contributed by atoms with Gasteiger partial charge in [0.05, 0.1) is 31.6 Å². The Morgan fingerprint density at radius 2 is 1.71 bits per heavy atom. The molecule has 0 spiro atoms. The van der Waals surface area contributed by atoms with Crippen LogP contribution in [0, 0.1) is 5.92 Å². The van der Waals surface area contributed by atoms with E-state index in [1.807, 2.05) is 0 Å². The van der Waals surface area contributed by atoms with Gasteiger partial charge in [0.1, 0.15) is 0 Å². The standard InChI is InChI=1S/C18H16BrCl3N2O3S/c19-12-3-5-13(6-4-12)28(26,27)24-7-1-2-11(10-24)18(25)23-17-9-15(21)14(20)8-16(17)22/h3-6,8-9,11H,1-2,7,10H2,(H,23,25)/t11-/m1/s1. The van der Waals surface area contributed by atoms with Crippen molar-refractivity contribution in [3.63, 3.8) is 0 Å². The van der Waals surface area contributed by atoms with E-state index < -0.39 is 15.9 Å². The van der Waals surface area contributed by atoms with E-state index in [-0.39, 0.29) is 32.4 Å². The molecule has 150 valence electrons. The predicted octanol–water partition coefficient (Wildman–Crippen LogP) is 5.45. The summed E-state index contributed by atoms with van der Waals surface area (Å²) in [5.74, 6) is -0.805. The van der Waals surface area contributed by atoms with Crippen molar-refractivity contribution in [1.29, 1.82) is 0 Å². The number of rotatable bonds is 4. The van der Waals surface area contributed by atoms with Gasteiger partial charge < -0.3 is 5.32 Å². The normalized spacial score (nSPS) is 18.1. The third kappa shape index (κ3) is 4.83. The topological polar surface area (TPSA) is 66.5 Å². The third-order valence-electron chi connectivity index (χ3n) is 4.47. The van der Waals surface area contributed by atoms with Crippen molar-refractivity contribution >= 4 is 72.4 Å². The summed E-state index contributed by atoms with van der Waals surface area (Å²) in [6, 6.07) is 9.35. The smallest absolute Gasteiger partial charge is 0.243 e. The molecule has 10 heteroatoms. The Morgan fingerprint density at radius 3 is 2.39 bits per heavy atom. The van der Waals surface area contributed by atoms with E-state index in [9.17, 15) is 13.2 Å². The number of hydrogen-bond donors (Lipinski definition) is 1. The van der Waals surface area contributed by atoms with Crippen LogP contribution < -0.4 is 5.32 Å². The van der Waals surface area contributed by atoms with E-state index in [1.54, 1.807) is 24.3 Å². The summed E-state index contributed by atoms with van der Waals surface area (Å²) in [6.45, 7) is 0.471. The first-order valence-corrected chi connectivity index (χ1v) is 11.8.